The Morgan fingerprint density at radius 2 is 0.815 bits per heavy atom. The van der Waals surface area contributed by atoms with Crippen LogP contribution in [-0.4, -0.2) is 193 Å². The summed E-state index contributed by atoms with van der Waals surface area (Å²) in [6.45, 7) is 9.67. The van der Waals surface area contributed by atoms with E-state index in [2.05, 4.69) is 52.2 Å². The van der Waals surface area contributed by atoms with Crippen molar-refractivity contribution in [1.82, 2.24) is 10.6 Å². The molecule has 0 bridgehead atoms. The second-order valence-corrected chi connectivity index (χ2v) is 34.9. The van der Waals surface area contributed by atoms with Crippen LogP contribution in [0.15, 0.2) is 0 Å². The summed E-state index contributed by atoms with van der Waals surface area (Å²) >= 11 is 0. The zero-order chi connectivity index (χ0) is 87.7. The van der Waals surface area contributed by atoms with Crippen LogP contribution in [-0.2, 0) is 85.3 Å². The molecular weight excluding hydrogens is 1560 g/mol. The quantitative estimate of drug-likeness (QED) is 0.0117. The van der Waals surface area contributed by atoms with Gasteiger partial charge in [0.05, 0.1) is 57.6 Å². The summed E-state index contributed by atoms with van der Waals surface area (Å²) in [6.07, 6.45) is 23.1. The fourth-order valence-electron chi connectivity index (χ4n) is 15.6. The van der Waals surface area contributed by atoms with Gasteiger partial charge in [0.25, 0.3) is 5.79 Å². The molecule has 10 N–H and O–H groups in total. The van der Waals surface area contributed by atoms with Crippen molar-refractivity contribution in [3.05, 3.63) is 0 Å². The van der Waals surface area contributed by atoms with Crippen LogP contribution in [0, 0.1) is 0 Å². The average Bonchev–Trinajstić information content (AvgIpc) is 0.768. The van der Waals surface area contributed by atoms with E-state index in [0.717, 1.165) is 257 Å². The van der Waals surface area contributed by atoms with E-state index in [1.165, 1.54) is 6.42 Å². The van der Waals surface area contributed by atoms with Crippen molar-refractivity contribution in [2.45, 2.75) is 506 Å². The lowest BCUT2D eigenvalue weighted by Crippen LogP contribution is -2.68. The summed E-state index contributed by atoms with van der Waals surface area (Å²) in [5.41, 5.74) is 0. The Morgan fingerprint density at radius 1 is 0.462 bits per heavy atom. The van der Waals surface area contributed by atoms with Crippen molar-refractivity contribution in [1.29, 1.82) is 0 Å². The molecule has 119 heavy (non-hydrogen) atoms. The number of esters is 4. The predicted molar refractivity (Wildman–Crippen MR) is 455 cm³/mol. The summed E-state index contributed by atoms with van der Waals surface area (Å²) in [5, 5.41) is 69.8. The topological polar surface area (TPSA) is 423 Å². The van der Waals surface area contributed by atoms with Crippen molar-refractivity contribution in [3.8, 4) is 0 Å². The lowest BCUT2D eigenvalue weighted by atomic mass is 9.92. The molecule has 2 heterocycles. The number of amides is 2. The van der Waals surface area contributed by atoms with Crippen molar-refractivity contribution in [3.63, 3.8) is 0 Å². The molecule has 2 amide bonds. The number of aliphatic carboxylic acids is 2. The van der Waals surface area contributed by atoms with Gasteiger partial charge in [-0.25, -0.2) is 9.36 Å². The summed E-state index contributed by atoms with van der Waals surface area (Å²) < 4.78 is 68.4. The Morgan fingerprint density at radius 3 is 1.17 bits per heavy atom. The highest BCUT2D eigenvalue weighted by molar-refractivity contribution is 7.46. The number of phosphoric acid groups is 1. The third-order valence-electron chi connectivity index (χ3n) is 22.6. The van der Waals surface area contributed by atoms with Crippen molar-refractivity contribution in [2.75, 3.05) is 19.8 Å². The number of aliphatic hydroxyl groups is 4. The zero-order valence-corrected chi connectivity index (χ0v) is 75.1. The van der Waals surface area contributed by atoms with E-state index in [0.29, 0.717) is 51.4 Å². The fraction of sp³-hybridized carbons (Fsp3) is 0.911. The second-order valence-electron chi connectivity index (χ2n) is 33.7. The lowest BCUT2D eigenvalue weighted by Gasteiger charge is -2.47. The molecule has 14 atom stereocenters. The molecule has 2 rings (SSSR count). The van der Waals surface area contributed by atoms with Gasteiger partial charge < -0.3 is 89.0 Å². The third-order valence-corrected chi connectivity index (χ3v) is 23.1. The van der Waals surface area contributed by atoms with E-state index in [1.54, 1.807) is 0 Å². The first-order valence-corrected chi connectivity index (χ1v) is 48.6. The van der Waals surface area contributed by atoms with Crippen molar-refractivity contribution in [2.24, 2.45) is 0 Å². The van der Waals surface area contributed by atoms with Gasteiger partial charge in [-0.15, -0.1) is 0 Å². The van der Waals surface area contributed by atoms with E-state index < -0.39 is 186 Å². The smallest absolute Gasteiger partial charge is 0.470 e. The number of unbranched alkanes of at least 4 members (excludes halogenated alkanes) is 42. The Kier molecular flexibility index (Phi) is 64.9. The highest BCUT2D eigenvalue weighted by Gasteiger charge is 2.58. The number of ether oxygens (including phenoxy) is 8. The molecule has 2 aliphatic rings. The summed E-state index contributed by atoms with van der Waals surface area (Å²) in [7, 11) is -5.90. The van der Waals surface area contributed by atoms with E-state index in [-0.39, 0.29) is 38.5 Å². The largest absolute Gasteiger partial charge is 0.481 e. The minimum atomic E-state index is -5.90. The van der Waals surface area contributed by atoms with Crippen LogP contribution in [0.5, 0.6) is 0 Å². The number of aliphatic hydroxyl groups excluding tert-OH is 4. The molecule has 28 nitrogen and oxygen atoms in total. The first-order valence-electron chi connectivity index (χ1n) is 47.1. The molecule has 0 aromatic carbocycles. The normalized spacial score (nSPS) is 20.7. The van der Waals surface area contributed by atoms with Crippen LogP contribution in [0.3, 0.4) is 0 Å². The lowest BCUT2D eigenvalue weighted by molar-refractivity contribution is -0.339. The number of hydrogen-bond acceptors (Lipinski definition) is 22. The maximum Gasteiger partial charge on any atom is 0.470 e. The molecular formula is C90H165N2O26P. The second kappa shape index (κ2) is 69.8. The Bertz CT molecular complexity index is 2690. The fourth-order valence-corrected chi connectivity index (χ4v) is 16.2. The Hall–Kier alpha value is -4.45. The maximum absolute atomic E-state index is 15.3. The number of carboxylic acid groups (broad SMARTS) is 2. The number of nitrogens with one attached hydrogen (secondary N) is 2. The Balaban J connectivity index is 3.01. The number of hydrogen-bond donors (Lipinski definition) is 10. The van der Waals surface area contributed by atoms with E-state index in [9.17, 15) is 73.8 Å². The van der Waals surface area contributed by atoms with Gasteiger partial charge in [0, 0.05) is 25.7 Å². The Labute approximate surface area is 714 Å². The number of rotatable bonds is 79. The van der Waals surface area contributed by atoms with Gasteiger partial charge in [-0.05, 0) is 57.8 Å². The van der Waals surface area contributed by atoms with Gasteiger partial charge in [-0.2, -0.15) is 0 Å². The number of carbonyl (C=O) groups excluding carboxylic acids is 6. The first kappa shape index (κ1) is 111. The first-order chi connectivity index (χ1) is 57.3. The monoisotopic (exact) mass is 1720 g/mol. The van der Waals surface area contributed by atoms with Crippen molar-refractivity contribution >= 4 is 55.5 Å². The molecule has 696 valence electrons. The van der Waals surface area contributed by atoms with Crippen LogP contribution in [0.4, 0.5) is 0 Å². The molecule has 0 aromatic rings. The van der Waals surface area contributed by atoms with Gasteiger partial charge >= 0.3 is 43.6 Å². The SMILES string of the molecule is CCCCCCCCCCC[C@H](CC(=O)NC1C(OC[C@@H](CC(=O)O)NC(=O)C[C@@H](CCCCCCCCCCC)OC(=O)CCCCCCCCC)OC(COC2(C(=O)O)CC(O)C(O)C([C@H](O)CO)O2)C(OP(=O)(O)O)C1OC(=O)C[C@@H](CCCCCCCCCCC)OC(=O)CCCCCCCCC)OC(=O)CCCCCCCCC. The molecule has 0 aliphatic carbocycles. The summed E-state index contributed by atoms with van der Waals surface area (Å²) in [4.78, 5) is 135. The van der Waals surface area contributed by atoms with Crippen LogP contribution < -0.4 is 10.6 Å². The van der Waals surface area contributed by atoms with Gasteiger partial charge in [0.2, 0.25) is 11.8 Å². The summed E-state index contributed by atoms with van der Waals surface area (Å²) in [5.74, 6) is -10.9. The van der Waals surface area contributed by atoms with Crippen molar-refractivity contribution < 1.29 is 126 Å². The highest BCUT2D eigenvalue weighted by atomic mass is 31.2. The molecule has 0 aromatic heterocycles. The van der Waals surface area contributed by atoms with Crippen LogP contribution in [0.2, 0.25) is 0 Å². The molecule has 0 spiro atoms. The van der Waals surface area contributed by atoms with E-state index in [1.807, 2.05) is 0 Å². The average molecular weight is 1720 g/mol. The molecule has 2 saturated heterocycles. The number of carboxylic acids is 2. The number of phosphoric ester groups is 1. The predicted octanol–water partition coefficient (Wildman–Crippen LogP) is 17.3. The van der Waals surface area contributed by atoms with Gasteiger partial charge in [-0.1, -0.05) is 311 Å². The van der Waals surface area contributed by atoms with Crippen LogP contribution >= 0.6 is 7.82 Å². The van der Waals surface area contributed by atoms with Gasteiger partial charge in [0.1, 0.15) is 54.9 Å². The summed E-state index contributed by atoms with van der Waals surface area (Å²) in [6, 6.07) is -3.48. The molecule has 9 unspecified atom stereocenters. The molecule has 0 radical (unpaired) electrons. The molecule has 2 aliphatic heterocycles. The highest BCUT2D eigenvalue weighted by Crippen LogP contribution is 2.44. The standard InChI is InChI=1S/C90H165N2O26P/c1-7-13-19-25-31-34-40-43-49-55-70(112-79(100)58-52-46-37-28-22-16-10-4)62-76(96)91-69(61-78(98)99)67-110-88-83(92-77(97)63-71(56-50-44-41-35-32-26-20-14-8-2)113-80(101)59-53-47-38-29-23-17-11-5)87(86(118-119(107,108)109)75(115-88)68-111-90(89(105)106)65-73(94)84(104)85(117-90)74(95)66-93)116-82(103)64-72(57-51-45-42-36-33-27-21-15-9-3)114-81(102)60-54-48-39-30-24-18-12-6/h69-75,83-88,93-95,104H,7-68H2,1-6H3,(H,91,96)(H,92,97)(H,98,99)(H,105,106)(H2,107,108,109)/t69-,70-,71-,72-,73?,74-,75?,83?,84?,85?,86?,87?,88?,90?/m1/s1. The van der Waals surface area contributed by atoms with Gasteiger partial charge in [-0.3, -0.25) is 38.1 Å². The minimum absolute atomic E-state index is 0.0337. The van der Waals surface area contributed by atoms with E-state index >= 15 is 9.59 Å². The van der Waals surface area contributed by atoms with Gasteiger partial charge in [0.15, 0.2) is 12.4 Å². The van der Waals surface area contributed by atoms with Crippen LogP contribution in [0.1, 0.15) is 420 Å². The molecule has 29 heteroatoms. The third kappa shape index (κ3) is 54.1. The van der Waals surface area contributed by atoms with Crippen LogP contribution in [0.25, 0.3) is 0 Å². The van der Waals surface area contributed by atoms with E-state index in [4.69, 9.17) is 42.4 Å². The zero-order valence-electron chi connectivity index (χ0n) is 74.2. The molecule has 2 fully saturated rings. The minimum Gasteiger partial charge on any atom is -0.481 e. The maximum atomic E-state index is 15.3. The number of carbonyl (C=O) groups is 8. The molecule has 0 saturated carbocycles.